The first-order valence-electron chi connectivity index (χ1n) is 5.61. The third-order valence-corrected chi connectivity index (χ3v) is 1.95. The zero-order chi connectivity index (χ0) is 12.6. The second kappa shape index (κ2) is 7.28. The maximum Gasteiger partial charge on any atom is 0.407 e. The molecule has 0 aromatic carbocycles. The van der Waals surface area contributed by atoms with E-state index in [0.717, 1.165) is 18.4 Å². The Morgan fingerprint density at radius 3 is 2.50 bits per heavy atom. The largest absolute Gasteiger partial charge is 0.444 e. The Labute approximate surface area is 97.7 Å². The van der Waals surface area contributed by atoms with E-state index in [4.69, 9.17) is 9.84 Å². The molecule has 0 saturated heterocycles. The van der Waals surface area contributed by atoms with Gasteiger partial charge in [-0.1, -0.05) is 6.08 Å². The Bertz CT molecular complexity index is 241. The number of hydrogen-bond acceptors (Lipinski definition) is 3. The van der Waals surface area contributed by atoms with Crippen molar-refractivity contribution in [2.24, 2.45) is 0 Å². The van der Waals surface area contributed by atoms with Gasteiger partial charge in [0.05, 0.1) is 6.61 Å². The normalized spacial score (nSPS) is 12.4. The predicted molar refractivity (Wildman–Crippen MR) is 64.3 cm³/mol. The fourth-order valence-electron chi connectivity index (χ4n) is 1.13. The zero-order valence-electron chi connectivity index (χ0n) is 10.7. The van der Waals surface area contributed by atoms with Crippen molar-refractivity contribution in [2.45, 2.75) is 46.1 Å². The predicted octanol–water partition coefficient (Wildman–Crippen LogP) is 2.23. The molecule has 0 radical (unpaired) electrons. The van der Waals surface area contributed by atoms with Crippen molar-refractivity contribution in [1.29, 1.82) is 0 Å². The van der Waals surface area contributed by atoms with Crippen LogP contribution in [0.3, 0.4) is 0 Å². The van der Waals surface area contributed by atoms with Crippen LogP contribution in [0.1, 0.15) is 40.5 Å². The Morgan fingerprint density at radius 1 is 1.44 bits per heavy atom. The topological polar surface area (TPSA) is 58.6 Å². The minimum Gasteiger partial charge on any atom is -0.444 e. The number of hydrogen-bond donors (Lipinski definition) is 2. The number of amides is 1. The van der Waals surface area contributed by atoms with Crippen LogP contribution in [-0.4, -0.2) is 30.0 Å². The fraction of sp³-hybridized carbons (Fsp3) is 0.750. The van der Waals surface area contributed by atoms with Gasteiger partial charge in [0.1, 0.15) is 5.60 Å². The highest BCUT2D eigenvalue weighted by atomic mass is 16.6. The van der Waals surface area contributed by atoms with Crippen molar-refractivity contribution in [2.75, 3.05) is 13.2 Å². The molecule has 0 spiro atoms. The van der Waals surface area contributed by atoms with Gasteiger partial charge in [-0.2, -0.15) is 0 Å². The molecule has 4 nitrogen and oxygen atoms in total. The molecule has 2 N–H and O–H groups in total. The lowest BCUT2D eigenvalue weighted by Gasteiger charge is -2.19. The average Bonchev–Trinajstić information content (AvgIpc) is 2.15. The first kappa shape index (κ1) is 15.0. The summed E-state index contributed by atoms with van der Waals surface area (Å²) in [5, 5.41) is 11.6. The number of aliphatic hydroxyl groups excluding tert-OH is 1. The van der Waals surface area contributed by atoms with E-state index < -0.39 is 11.7 Å². The summed E-state index contributed by atoms with van der Waals surface area (Å²) in [5.41, 5.74) is 0.537. The molecule has 0 bridgehead atoms. The van der Waals surface area contributed by atoms with E-state index in [1.54, 1.807) is 0 Å². The van der Waals surface area contributed by atoms with Gasteiger partial charge < -0.3 is 15.2 Å². The van der Waals surface area contributed by atoms with Gasteiger partial charge in [-0.3, -0.25) is 0 Å². The second-order valence-corrected chi connectivity index (χ2v) is 4.64. The highest BCUT2D eigenvalue weighted by molar-refractivity contribution is 5.67. The van der Waals surface area contributed by atoms with Gasteiger partial charge in [0, 0.05) is 6.54 Å². The van der Waals surface area contributed by atoms with Crippen molar-refractivity contribution in [1.82, 2.24) is 5.32 Å². The van der Waals surface area contributed by atoms with Crippen LogP contribution in [0.5, 0.6) is 0 Å². The Kier molecular flexibility index (Phi) is 6.81. The Balaban J connectivity index is 3.64. The van der Waals surface area contributed by atoms with Gasteiger partial charge in [-0.15, -0.1) is 0 Å². The number of ether oxygens (including phenoxy) is 1. The van der Waals surface area contributed by atoms with E-state index in [1.807, 2.05) is 33.8 Å². The molecule has 0 aliphatic carbocycles. The molecule has 0 fully saturated rings. The summed E-state index contributed by atoms with van der Waals surface area (Å²) in [5.74, 6) is 0. The molecule has 0 aliphatic heterocycles. The molecular formula is C12H23NO3. The van der Waals surface area contributed by atoms with Crippen LogP contribution in [-0.2, 0) is 4.74 Å². The van der Waals surface area contributed by atoms with Crippen LogP contribution >= 0.6 is 0 Å². The Hall–Kier alpha value is -1.03. The summed E-state index contributed by atoms with van der Waals surface area (Å²) < 4.78 is 5.08. The Morgan fingerprint density at radius 2 is 2.06 bits per heavy atom. The molecule has 0 aliphatic rings. The molecule has 0 atom stereocenters. The summed E-state index contributed by atoms with van der Waals surface area (Å²) in [6.45, 7) is 8.03. The van der Waals surface area contributed by atoms with Gasteiger partial charge in [0.15, 0.2) is 0 Å². The molecule has 94 valence electrons. The molecule has 1 amide bonds. The van der Waals surface area contributed by atoms with Crippen LogP contribution in [0.15, 0.2) is 11.6 Å². The summed E-state index contributed by atoms with van der Waals surface area (Å²) in [7, 11) is 0. The highest BCUT2D eigenvalue weighted by Crippen LogP contribution is 2.07. The molecule has 16 heavy (non-hydrogen) atoms. The maximum absolute atomic E-state index is 11.2. The minimum atomic E-state index is -0.455. The van der Waals surface area contributed by atoms with Crippen molar-refractivity contribution >= 4 is 6.09 Å². The third-order valence-electron chi connectivity index (χ3n) is 1.95. The van der Waals surface area contributed by atoms with Crippen LogP contribution < -0.4 is 5.32 Å². The van der Waals surface area contributed by atoms with Crippen LogP contribution in [0, 0.1) is 0 Å². The van der Waals surface area contributed by atoms with Gasteiger partial charge in [0.2, 0.25) is 0 Å². The fourth-order valence-corrected chi connectivity index (χ4v) is 1.13. The molecule has 0 heterocycles. The smallest absolute Gasteiger partial charge is 0.407 e. The second-order valence-electron chi connectivity index (χ2n) is 4.64. The summed E-state index contributed by atoms with van der Waals surface area (Å²) in [6, 6.07) is 0. The molecule has 0 rings (SSSR count). The lowest BCUT2D eigenvalue weighted by Crippen LogP contribution is -2.33. The van der Waals surface area contributed by atoms with Crippen molar-refractivity contribution in [3.05, 3.63) is 11.6 Å². The van der Waals surface area contributed by atoms with Crippen LogP contribution in [0.25, 0.3) is 0 Å². The number of allylic oxidation sites excluding steroid dienone is 1. The van der Waals surface area contributed by atoms with E-state index in [-0.39, 0.29) is 6.61 Å². The summed E-state index contributed by atoms with van der Waals surface area (Å²) >= 11 is 0. The van der Waals surface area contributed by atoms with Gasteiger partial charge in [-0.25, -0.2) is 4.79 Å². The van der Waals surface area contributed by atoms with Crippen molar-refractivity contribution in [3.8, 4) is 0 Å². The van der Waals surface area contributed by atoms with E-state index >= 15 is 0 Å². The third kappa shape index (κ3) is 8.29. The van der Waals surface area contributed by atoms with Crippen molar-refractivity contribution in [3.63, 3.8) is 0 Å². The number of alkyl carbamates (subject to hydrolysis) is 1. The maximum atomic E-state index is 11.2. The zero-order valence-corrected chi connectivity index (χ0v) is 10.7. The summed E-state index contributed by atoms with van der Waals surface area (Å²) in [6.07, 6.45) is 3.11. The molecule has 0 aromatic heterocycles. The van der Waals surface area contributed by atoms with E-state index in [9.17, 15) is 4.79 Å². The first-order chi connectivity index (χ1) is 7.39. The molecular weight excluding hydrogens is 206 g/mol. The number of nitrogens with one attached hydrogen (secondary N) is 1. The average molecular weight is 229 g/mol. The number of carbonyl (C=O) groups is 1. The lowest BCUT2D eigenvalue weighted by atomic mass is 10.1. The van der Waals surface area contributed by atoms with Crippen molar-refractivity contribution < 1.29 is 14.6 Å². The molecule has 4 heteroatoms. The van der Waals surface area contributed by atoms with E-state index in [2.05, 4.69) is 5.32 Å². The van der Waals surface area contributed by atoms with Crippen LogP contribution in [0.4, 0.5) is 4.79 Å². The van der Waals surface area contributed by atoms with Gasteiger partial charge in [-0.05, 0) is 46.1 Å². The number of aliphatic hydroxyl groups is 1. The summed E-state index contributed by atoms with van der Waals surface area (Å²) in [4.78, 5) is 11.2. The molecule has 0 saturated carbocycles. The highest BCUT2D eigenvalue weighted by Gasteiger charge is 2.15. The molecule has 0 unspecified atom stereocenters. The lowest BCUT2D eigenvalue weighted by molar-refractivity contribution is 0.0527. The van der Waals surface area contributed by atoms with E-state index in [0.29, 0.717) is 6.54 Å². The van der Waals surface area contributed by atoms with Crippen LogP contribution in [0.2, 0.25) is 0 Å². The standard InChI is InChI=1S/C12H23NO3/c1-5-10(9-14)7-6-8-13-11(15)16-12(2,3)4/h5,14H,6-9H2,1-4H3,(H,13,15)/b10-5+. The van der Waals surface area contributed by atoms with E-state index in [1.165, 1.54) is 0 Å². The first-order valence-corrected chi connectivity index (χ1v) is 5.61. The monoisotopic (exact) mass is 229 g/mol. The number of carbonyl (C=O) groups excluding carboxylic acids is 1. The SMILES string of the molecule is C/C=C(/CO)CCCNC(=O)OC(C)(C)C. The molecule has 0 aromatic rings. The minimum absolute atomic E-state index is 0.0862. The van der Waals surface area contributed by atoms with Gasteiger partial charge >= 0.3 is 6.09 Å². The van der Waals surface area contributed by atoms with Gasteiger partial charge in [0.25, 0.3) is 0 Å². The quantitative estimate of drug-likeness (QED) is 0.561. The number of rotatable bonds is 5.